The Bertz CT molecular complexity index is 1760. The standard InChI is InChI=1S/C35H37N5O4/c1-24-13-14-25(2)40(24)34-12-7-10-30(37-34)9-4-5-19-39(35(42)43)22-27-8-6-11-31(20-27)44-23-28-15-16-29-17-18-33(36-26(3)41)38-32(29)21-28/h6-8,10-18,20-21H,4-5,9,19,22-23H2,1-3H3,(H,42,43)(H,36,38,41). The fourth-order valence-corrected chi connectivity index (χ4v) is 5.23. The number of anilines is 1. The molecule has 0 spiro atoms. The highest BCUT2D eigenvalue weighted by atomic mass is 16.5. The van der Waals surface area contributed by atoms with Gasteiger partial charge in [-0.05, 0) is 98.8 Å². The lowest BCUT2D eigenvalue weighted by molar-refractivity contribution is -0.114. The van der Waals surface area contributed by atoms with Crippen molar-refractivity contribution >= 4 is 28.7 Å². The molecule has 2 N–H and O–H groups in total. The Balaban J connectivity index is 1.14. The Morgan fingerprint density at radius 2 is 1.66 bits per heavy atom. The molecule has 2 amide bonds. The SMILES string of the molecule is CC(=O)Nc1ccc2ccc(COc3cccc(CN(CCCCc4cccc(-n5c(C)ccc5C)n4)C(=O)O)c3)cc2n1. The first kappa shape index (κ1) is 30.3. The maximum atomic E-state index is 12.0. The van der Waals surface area contributed by atoms with Crippen molar-refractivity contribution < 1.29 is 19.4 Å². The maximum absolute atomic E-state index is 12.0. The highest BCUT2D eigenvalue weighted by molar-refractivity contribution is 5.89. The monoisotopic (exact) mass is 591 g/mol. The van der Waals surface area contributed by atoms with Gasteiger partial charge in [-0.3, -0.25) is 4.79 Å². The summed E-state index contributed by atoms with van der Waals surface area (Å²) in [6, 6.07) is 27.3. The van der Waals surface area contributed by atoms with Crippen molar-refractivity contribution in [2.45, 2.75) is 53.2 Å². The summed E-state index contributed by atoms with van der Waals surface area (Å²) in [7, 11) is 0. The molecule has 0 fully saturated rings. The van der Waals surface area contributed by atoms with Gasteiger partial charge in [-0.25, -0.2) is 14.8 Å². The number of hydrogen-bond donors (Lipinski definition) is 2. The number of carbonyl (C=O) groups excluding carboxylic acids is 1. The molecule has 9 nitrogen and oxygen atoms in total. The number of unbranched alkanes of at least 4 members (excludes halogenated alkanes) is 1. The number of hydrogen-bond acceptors (Lipinski definition) is 5. The van der Waals surface area contributed by atoms with E-state index in [1.54, 1.807) is 6.07 Å². The number of carbonyl (C=O) groups is 2. The van der Waals surface area contributed by atoms with Crippen molar-refractivity contribution in [1.29, 1.82) is 0 Å². The molecule has 0 saturated carbocycles. The molecule has 3 aromatic heterocycles. The number of nitrogens with zero attached hydrogens (tertiary/aromatic N) is 4. The molecule has 3 heterocycles. The summed E-state index contributed by atoms with van der Waals surface area (Å²) in [6.07, 6.45) is 1.40. The topological polar surface area (TPSA) is 110 Å². The second kappa shape index (κ2) is 13.9. The van der Waals surface area contributed by atoms with Crippen molar-refractivity contribution in [3.05, 3.63) is 113 Å². The van der Waals surface area contributed by atoms with E-state index in [2.05, 4.69) is 40.8 Å². The first-order valence-electron chi connectivity index (χ1n) is 14.7. The second-order valence-corrected chi connectivity index (χ2v) is 10.9. The van der Waals surface area contributed by atoms with Crippen LogP contribution in [0.4, 0.5) is 10.6 Å². The number of aromatic nitrogens is 3. The Morgan fingerprint density at radius 3 is 2.43 bits per heavy atom. The van der Waals surface area contributed by atoms with Crippen molar-refractivity contribution in [2.24, 2.45) is 0 Å². The molecule has 0 bridgehead atoms. The van der Waals surface area contributed by atoms with E-state index < -0.39 is 6.09 Å². The van der Waals surface area contributed by atoms with Crippen LogP contribution in [0, 0.1) is 13.8 Å². The first-order valence-corrected chi connectivity index (χ1v) is 14.7. The van der Waals surface area contributed by atoms with Gasteiger partial charge in [-0.15, -0.1) is 0 Å². The van der Waals surface area contributed by atoms with Crippen molar-refractivity contribution in [2.75, 3.05) is 11.9 Å². The predicted molar refractivity (Wildman–Crippen MR) is 171 cm³/mol. The lowest BCUT2D eigenvalue weighted by Gasteiger charge is -2.20. The third-order valence-electron chi connectivity index (χ3n) is 7.41. The lowest BCUT2D eigenvalue weighted by Crippen LogP contribution is -2.30. The van der Waals surface area contributed by atoms with E-state index in [0.717, 1.165) is 64.2 Å². The first-order chi connectivity index (χ1) is 21.2. The fourth-order valence-electron chi connectivity index (χ4n) is 5.23. The average molecular weight is 592 g/mol. The third-order valence-corrected chi connectivity index (χ3v) is 7.41. The maximum Gasteiger partial charge on any atom is 0.407 e. The Labute approximate surface area is 257 Å². The van der Waals surface area contributed by atoms with Crippen LogP contribution < -0.4 is 10.1 Å². The van der Waals surface area contributed by atoms with Crippen molar-refractivity contribution in [3.63, 3.8) is 0 Å². The van der Waals surface area contributed by atoms with Gasteiger partial charge in [0.15, 0.2) is 0 Å². The van der Waals surface area contributed by atoms with Crippen LogP contribution in [-0.2, 0) is 24.4 Å². The van der Waals surface area contributed by atoms with Crippen LogP contribution in [0.15, 0.2) is 84.9 Å². The Hall–Kier alpha value is -5.18. The number of benzene rings is 2. The van der Waals surface area contributed by atoms with Gasteiger partial charge < -0.3 is 24.6 Å². The van der Waals surface area contributed by atoms with Crippen LogP contribution in [0.25, 0.3) is 16.7 Å². The quantitative estimate of drug-likeness (QED) is 0.150. The van der Waals surface area contributed by atoms with Crippen molar-refractivity contribution in [3.8, 4) is 11.6 Å². The zero-order valence-corrected chi connectivity index (χ0v) is 25.3. The molecular weight excluding hydrogens is 554 g/mol. The molecule has 0 aliphatic carbocycles. The summed E-state index contributed by atoms with van der Waals surface area (Å²) in [5, 5.41) is 13.5. The zero-order valence-electron chi connectivity index (χ0n) is 25.3. The molecule has 0 radical (unpaired) electrons. The van der Waals surface area contributed by atoms with Crippen molar-refractivity contribution in [1.82, 2.24) is 19.4 Å². The van der Waals surface area contributed by atoms with Gasteiger partial charge in [0.1, 0.15) is 24.0 Å². The number of nitrogens with one attached hydrogen (secondary N) is 1. The Kier molecular flexibility index (Phi) is 9.54. The smallest absolute Gasteiger partial charge is 0.407 e. The highest BCUT2D eigenvalue weighted by Crippen LogP contribution is 2.21. The van der Waals surface area contributed by atoms with E-state index in [4.69, 9.17) is 9.72 Å². The largest absolute Gasteiger partial charge is 0.489 e. The summed E-state index contributed by atoms with van der Waals surface area (Å²) in [5.74, 6) is 1.90. The van der Waals surface area contributed by atoms with Gasteiger partial charge in [0.05, 0.1) is 5.52 Å². The van der Waals surface area contributed by atoms with Crippen LogP contribution >= 0.6 is 0 Å². The number of rotatable bonds is 12. The zero-order chi connectivity index (χ0) is 31.1. The van der Waals surface area contributed by atoms with Crippen LogP contribution in [0.3, 0.4) is 0 Å². The van der Waals surface area contributed by atoms with Crippen LogP contribution in [0.5, 0.6) is 5.75 Å². The van der Waals surface area contributed by atoms with E-state index in [9.17, 15) is 14.7 Å². The molecule has 0 atom stereocenters. The third kappa shape index (κ3) is 7.80. The number of carboxylic acid groups (broad SMARTS) is 1. The number of ether oxygens (including phenoxy) is 1. The Morgan fingerprint density at radius 1 is 0.886 bits per heavy atom. The molecule has 0 unspecified atom stereocenters. The molecule has 2 aromatic carbocycles. The minimum absolute atomic E-state index is 0.172. The highest BCUT2D eigenvalue weighted by Gasteiger charge is 2.13. The molecule has 5 rings (SSSR count). The number of fused-ring (bicyclic) bond motifs is 1. The minimum atomic E-state index is -0.947. The fraction of sp³-hybridized carbons (Fsp3) is 0.257. The van der Waals surface area contributed by atoms with Gasteiger partial charge in [-0.1, -0.05) is 30.3 Å². The summed E-state index contributed by atoms with van der Waals surface area (Å²) < 4.78 is 8.18. The molecule has 5 aromatic rings. The molecule has 44 heavy (non-hydrogen) atoms. The second-order valence-electron chi connectivity index (χ2n) is 10.9. The van der Waals surface area contributed by atoms with Gasteiger partial charge in [0.25, 0.3) is 0 Å². The number of aryl methyl sites for hydroxylation is 3. The summed E-state index contributed by atoms with van der Waals surface area (Å²) in [5.41, 5.74) is 5.83. The summed E-state index contributed by atoms with van der Waals surface area (Å²) in [6.45, 7) is 6.62. The molecule has 0 saturated heterocycles. The minimum Gasteiger partial charge on any atom is -0.489 e. The lowest BCUT2D eigenvalue weighted by atomic mass is 10.1. The molecule has 0 aliphatic heterocycles. The summed E-state index contributed by atoms with van der Waals surface area (Å²) in [4.78, 5) is 34.2. The van der Waals surface area contributed by atoms with E-state index in [1.165, 1.54) is 11.8 Å². The molecular formula is C35H37N5O4. The van der Waals surface area contributed by atoms with Crippen LogP contribution in [-0.4, -0.2) is 43.1 Å². The molecule has 0 aliphatic rings. The normalized spacial score (nSPS) is 11.0. The van der Waals surface area contributed by atoms with E-state index >= 15 is 0 Å². The van der Waals surface area contributed by atoms with Gasteiger partial charge in [0, 0.05) is 42.5 Å². The van der Waals surface area contributed by atoms with Crippen LogP contribution in [0.2, 0.25) is 0 Å². The molecule has 226 valence electrons. The number of amides is 2. The van der Waals surface area contributed by atoms with Gasteiger partial charge in [0.2, 0.25) is 5.91 Å². The molecule has 9 heteroatoms. The van der Waals surface area contributed by atoms with E-state index in [0.29, 0.717) is 24.7 Å². The van der Waals surface area contributed by atoms with E-state index in [1.807, 2.05) is 66.7 Å². The van der Waals surface area contributed by atoms with Gasteiger partial charge in [-0.2, -0.15) is 0 Å². The van der Waals surface area contributed by atoms with E-state index in [-0.39, 0.29) is 12.5 Å². The number of pyridine rings is 2. The average Bonchev–Trinajstić information content (AvgIpc) is 3.34. The predicted octanol–water partition coefficient (Wildman–Crippen LogP) is 7.08. The summed E-state index contributed by atoms with van der Waals surface area (Å²) >= 11 is 0. The van der Waals surface area contributed by atoms with Crippen LogP contribution in [0.1, 0.15) is 48.0 Å². The van der Waals surface area contributed by atoms with Gasteiger partial charge >= 0.3 is 6.09 Å².